The van der Waals surface area contributed by atoms with Crippen molar-refractivity contribution in [2.24, 2.45) is 5.92 Å². The van der Waals surface area contributed by atoms with Crippen LogP contribution in [0.5, 0.6) is 0 Å². The van der Waals surface area contributed by atoms with Crippen LogP contribution < -0.4 is 0 Å². The minimum absolute atomic E-state index is 0.175. The zero-order valence-electron chi connectivity index (χ0n) is 7.53. The third-order valence-corrected chi connectivity index (χ3v) is 1.46. The highest BCUT2D eigenvalue weighted by Gasteiger charge is 2.11. The molecule has 0 fully saturated rings. The van der Waals surface area contributed by atoms with Crippen LogP contribution in [0.2, 0.25) is 0 Å². The summed E-state index contributed by atoms with van der Waals surface area (Å²) < 4.78 is 8.97. The number of aliphatic hydroxyl groups is 1. The number of carbonyl (C=O) groups is 1. The van der Waals surface area contributed by atoms with Crippen molar-refractivity contribution in [1.82, 2.24) is 0 Å². The summed E-state index contributed by atoms with van der Waals surface area (Å²) in [6.45, 7) is 1.71. The lowest BCUT2D eigenvalue weighted by atomic mass is 10.1. The SMILES string of the molecule is COC(=O)C(C)C/C=C(\O)OC. The minimum Gasteiger partial charge on any atom is -0.481 e. The summed E-state index contributed by atoms with van der Waals surface area (Å²) in [6.07, 6.45) is 1.84. The van der Waals surface area contributed by atoms with Crippen LogP contribution in [0, 0.1) is 5.92 Å². The number of hydrogen-bond acceptors (Lipinski definition) is 4. The van der Waals surface area contributed by atoms with Crippen LogP contribution in [-0.4, -0.2) is 25.3 Å². The van der Waals surface area contributed by atoms with Crippen molar-refractivity contribution in [3.05, 3.63) is 12.0 Å². The molecule has 0 amide bonds. The third kappa shape index (κ3) is 3.85. The monoisotopic (exact) mass is 174 g/mol. The second-order valence-corrected chi connectivity index (χ2v) is 2.41. The first kappa shape index (κ1) is 10.8. The number of hydrogen-bond donors (Lipinski definition) is 1. The molecule has 12 heavy (non-hydrogen) atoms. The topological polar surface area (TPSA) is 55.8 Å². The molecule has 0 aliphatic carbocycles. The lowest BCUT2D eigenvalue weighted by Crippen LogP contribution is -2.11. The maximum Gasteiger partial charge on any atom is 0.308 e. The van der Waals surface area contributed by atoms with Crippen LogP contribution in [0.25, 0.3) is 0 Å². The van der Waals surface area contributed by atoms with E-state index in [1.165, 1.54) is 20.3 Å². The quantitative estimate of drug-likeness (QED) is 0.514. The van der Waals surface area contributed by atoms with E-state index in [1.54, 1.807) is 6.92 Å². The smallest absolute Gasteiger partial charge is 0.308 e. The Balaban J connectivity index is 3.85. The zero-order chi connectivity index (χ0) is 9.56. The van der Waals surface area contributed by atoms with Crippen molar-refractivity contribution in [1.29, 1.82) is 0 Å². The Kier molecular flexibility index (Phi) is 4.92. The van der Waals surface area contributed by atoms with Gasteiger partial charge in [-0.2, -0.15) is 0 Å². The molecule has 0 aromatic carbocycles. The normalized spacial score (nSPS) is 13.8. The number of rotatable bonds is 4. The number of carbonyl (C=O) groups excluding carboxylic acids is 1. The van der Waals surface area contributed by atoms with Gasteiger partial charge in [0.05, 0.1) is 20.1 Å². The standard InChI is InChI=1S/C8H14O4/c1-6(8(10)12-3)4-5-7(9)11-2/h5-6,9H,4H2,1-3H3/b7-5+. The second kappa shape index (κ2) is 5.46. The average molecular weight is 174 g/mol. The van der Waals surface area contributed by atoms with Gasteiger partial charge in [-0.15, -0.1) is 0 Å². The van der Waals surface area contributed by atoms with Gasteiger partial charge in [0.15, 0.2) is 0 Å². The molecule has 0 aliphatic heterocycles. The molecule has 0 saturated heterocycles. The first-order valence-corrected chi connectivity index (χ1v) is 3.62. The van der Waals surface area contributed by atoms with Crippen LogP contribution in [-0.2, 0) is 14.3 Å². The maximum atomic E-state index is 10.8. The van der Waals surface area contributed by atoms with Crippen molar-refractivity contribution >= 4 is 5.97 Å². The Morgan fingerprint density at radius 1 is 1.50 bits per heavy atom. The first-order valence-electron chi connectivity index (χ1n) is 3.62. The van der Waals surface area contributed by atoms with Crippen molar-refractivity contribution in [3.63, 3.8) is 0 Å². The predicted molar refractivity (Wildman–Crippen MR) is 43.5 cm³/mol. The molecular formula is C8H14O4. The number of esters is 1. The van der Waals surface area contributed by atoms with E-state index in [4.69, 9.17) is 5.11 Å². The first-order chi connectivity index (χ1) is 5.61. The van der Waals surface area contributed by atoms with Gasteiger partial charge in [0.2, 0.25) is 0 Å². The fourth-order valence-corrected chi connectivity index (χ4v) is 0.658. The summed E-state index contributed by atoms with van der Waals surface area (Å²) in [5.74, 6) is -0.729. The van der Waals surface area contributed by atoms with Crippen LogP contribution in [0.3, 0.4) is 0 Å². The highest BCUT2D eigenvalue weighted by atomic mass is 16.6. The van der Waals surface area contributed by atoms with Gasteiger partial charge in [0.25, 0.3) is 5.95 Å². The molecular weight excluding hydrogens is 160 g/mol. The Morgan fingerprint density at radius 2 is 2.08 bits per heavy atom. The molecule has 0 aromatic heterocycles. The summed E-state index contributed by atoms with van der Waals surface area (Å²) in [6, 6.07) is 0. The number of ether oxygens (including phenoxy) is 2. The Hall–Kier alpha value is -1.19. The van der Waals surface area contributed by atoms with E-state index in [0.717, 1.165) is 0 Å². The lowest BCUT2D eigenvalue weighted by molar-refractivity contribution is -0.144. The molecule has 0 aromatic rings. The predicted octanol–water partition coefficient (Wildman–Crippen LogP) is 1.23. The second-order valence-electron chi connectivity index (χ2n) is 2.41. The van der Waals surface area contributed by atoms with E-state index in [1.807, 2.05) is 0 Å². The van der Waals surface area contributed by atoms with Gasteiger partial charge in [0.1, 0.15) is 0 Å². The van der Waals surface area contributed by atoms with E-state index < -0.39 is 0 Å². The van der Waals surface area contributed by atoms with Gasteiger partial charge in [0, 0.05) is 0 Å². The van der Waals surface area contributed by atoms with Crippen molar-refractivity contribution in [2.45, 2.75) is 13.3 Å². The fourth-order valence-electron chi connectivity index (χ4n) is 0.658. The maximum absolute atomic E-state index is 10.8. The highest BCUT2D eigenvalue weighted by molar-refractivity contribution is 5.71. The zero-order valence-corrected chi connectivity index (χ0v) is 7.53. The van der Waals surface area contributed by atoms with Crippen molar-refractivity contribution in [2.75, 3.05) is 14.2 Å². The molecule has 0 rings (SSSR count). The Bertz CT molecular complexity index is 174. The molecule has 0 spiro atoms. The van der Waals surface area contributed by atoms with Gasteiger partial charge < -0.3 is 14.6 Å². The Morgan fingerprint density at radius 3 is 2.50 bits per heavy atom. The summed E-state index contributed by atoms with van der Waals surface area (Å²) in [5, 5.41) is 8.85. The van der Waals surface area contributed by atoms with E-state index in [-0.39, 0.29) is 17.8 Å². The molecule has 1 unspecified atom stereocenters. The number of aliphatic hydroxyl groups excluding tert-OH is 1. The molecule has 1 N–H and O–H groups in total. The lowest BCUT2D eigenvalue weighted by Gasteiger charge is -2.05. The molecule has 4 nitrogen and oxygen atoms in total. The van der Waals surface area contributed by atoms with Gasteiger partial charge >= 0.3 is 5.97 Å². The number of methoxy groups -OCH3 is 2. The molecule has 1 atom stereocenters. The van der Waals surface area contributed by atoms with Crippen molar-refractivity contribution in [3.8, 4) is 0 Å². The van der Waals surface area contributed by atoms with Gasteiger partial charge in [-0.05, 0) is 12.5 Å². The van der Waals surface area contributed by atoms with Crippen LogP contribution in [0.4, 0.5) is 0 Å². The van der Waals surface area contributed by atoms with Gasteiger partial charge in [-0.3, -0.25) is 4.79 Å². The summed E-state index contributed by atoms with van der Waals surface area (Å²) in [5.41, 5.74) is 0. The molecule has 0 aliphatic rings. The number of allylic oxidation sites excluding steroid dienone is 1. The molecule has 0 saturated carbocycles. The largest absolute Gasteiger partial charge is 0.481 e. The van der Waals surface area contributed by atoms with Gasteiger partial charge in [-0.1, -0.05) is 6.92 Å². The fraction of sp³-hybridized carbons (Fsp3) is 0.625. The molecule has 4 heteroatoms. The van der Waals surface area contributed by atoms with E-state index in [9.17, 15) is 4.79 Å². The summed E-state index contributed by atoms with van der Waals surface area (Å²) in [7, 11) is 2.69. The van der Waals surface area contributed by atoms with Crippen LogP contribution >= 0.6 is 0 Å². The van der Waals surface area contributed by atoms with E-state index in [2.05, 4.69) is 9.47 Å². The van der Waals surface area contributed by atoms with E-state index >= 15 is 0 Å². The molecule has 0 heterocycles. The summed E-state index contributed by atoms with van der Waals surface area (Å²) in [4.78, 5) is 10.8. The average Bonchev–Trinajstić information content (AvgIpc) is 2.11. The van der Waals surface area contributed by atoms with Crippen LogP contribution in [0.1, 0.15) is 13.3 Å². The molecule has 0 bridgehead atoms. The minimum atomic E-state index is -0.296. The Labute approximate surface area is 71.8 Å². The third-order valence-electron chi connectivity index (χ3n) is 1.46. The van der Waals surface area contributed by atoms with Crippen LogP contribution in [0.15, 0.2) is 12.0 Å². The van der Waals surface area contributed by atoms with E-state index in [0.29, 0.717) is 6.42 Å². The summed E-state index contributed by atoms with van der Waals surface area (Å²) >= 11 is 0. The molecule has 0 radical (unpaired) electrons. The molecule has 70 valence electrons. The highest BCUT2D eigenvalue weighted by Crippen LogP contribution is 2.06. The van der Waals surface area contributed by atoms with Crippen molar-refractivity contribution < 1.29 is 19.4 Å². The van der Waals surface area contributed by atoms with Gasteiger partial charge in [-0.25, -0.2) is 0 Å².